The van der Waals surface area contributed by atoms with Crippen LogP contribution in [0.3, 0.4) is 0 Å². The summed E-state index contributed by atoms with van der Waals surface area (Å²) in [6.45, 7) is 7.64. The van der Waals surface area contributed by atoms with Crippen LogP contribution in [0.4, 0.5) is 0 Å². The van der Waals surface area contributed by atoms with Crippen molar-refractivity contribution in [1.29, 1.82) is 0 Å². The first-order valence-electron chi connectivity index (χ1n) is 7.79. The third kappa shape index (κ3) is 4.26. The second-order valence-corrected chi connectivity index (χ2v) is 6.11. The number of amides is 1. The summed E-state index contributed by atoms with van der Waals surface area (Å²) in [7, 11) is 1.59. The van der Waals surface area contributed by atoms with E-state index in [9.17, 15) is 4.79 Å². The number of ether oxygens (including phenoxy) is 3. The fraction of sp³-hybridized carbons (Fsp3) is 0.500. The van der Waals surface area contributed by atoms with Crippen LogP contribution in [-0.2, 0) is 9.53 Å². The van der Waals surface area contributed by atoms with Crippen molar-refractivity contribution in [3.8, 4) is 11.5 Å². The van der Waals surface area contributed by atoms with E-state index in [1.54, 1.807) is 7.11 Å². The lowest BCUT2D eigenvalue weighted by Gasteiger charge is -2.42. The summed E-state index contributed by atoms with van der Waals surface area (Å²) < 4.78 is 16.5. The lowest BCUT2D eigenvalue weighted by atomic mass is 10.0. The summed E-state index contributed by atoms with van der Waals surface area (Å²) in [6.07, 6.45) is 3.94. The van der Waals surface area contributed by atoms with Gasteiger partial charge in [-0.15, -0.1) is 0 Å². The molecule has 0 atom stereocenters. The molecule has 1 aromatic carbocycles. The molecule has 126 valence electrons. The lowest BCUT2D eigenvalue weighted by molar-refractivity contribution is -0.148. The van der Waals surface area contributed by atoms with E-state index in [4.69, 9.17) is 14.2 Å². The van der Waals surface area contributed by atoms with Crippen molar-refractivity contribution in [2.75, 3.05) is 33.5 Å². The molecule has 0 aliphatic carbocycles. The van der Waals surface area contributed by atoms with Gasteiger partial charge in [0.1, 0.15) is 0 Å². The maximum atomic E-state index is 12.4. The number of rotatable bonds is 5. The zero-order valence-corrected chi connectivity index (χ0v) is 14.3. The molecule has 23 heavy (non-hydrogen) atoms. The molecule has 1 heterocycles. The van der Waals surface area contributed by atoms with Crippen molar-refractivity contribution in [1.82, 2.24) is 4.90 Å². The summed E-state index contributed by atoms with van der Waals surface area (Å²) in [5.41, 5.74) is 0.718. The Morgan fingerprint density at radius 1 is 1.39 bits per heavy atom. The molecule has 0 aromatic heterocycles. The number of allylic oxidation sites excluding steroid dienone is 1. The van der Waals surface area contributed by atoms with Gasteiger partial charge in [-0.05, 0) is 38.5 Å². The first-order valence-corrected chi connectivity index (χ1v) is 7.79. The Morgan fingerprint density at radius 3 is 2.83 bits per heavy atom. The van der Waals surface area contributed by atoms with Gasteiger partial charge in [-0.2, -0.15) is 0 Å². The minimum absolute atomic E-state index is 0.0112. The minimum Gasteiger partial charge on any atom is -0.493 e. The number of nitrogens with zero attached hydrogens (tertiary/aromatic N) is 1. The first-order chi connectivity index (χ1) is 11.0. The van der Waals surface area contributed by atoms with Crippen LogP contribution in [0.5, 0.6) is 11.5 Å². The maximum Gasteiger partial charge on any atom is 0.261 e. The summed E-state index contributed by atoms with van der Waals surface area (Å²) in [6, 6.07) is 5.64. The van der Waals surface area contributed by atoms with Crippen LogP contribution < -0.4 is 9.47 Å². The van der Waals surface area contributed by atoms with E-state index in [-0.39, 0.29) is 18.1 Å². The van der Waals surface area contributed by atoms with Crippen molar-refractivity contribution in [3.63, 3.8) is 0 Å². The van der Waals surface area contributed by atoms with Gasteiger partial charge in [0, 0.05) is 6.54 Å². The van der Waals surface area contributed by atoms with Gasteiger partial charge in [0.25, 0.3) is 5.91 Å². The molecule has 1 aliphatic heterocycles. The highest BCUT2D eigenvalue weighted by Gasteiger charge is 2.34. The average molecular weight is 319 g/mol. The maximum absolute atomic E-state index is 12.4. The quantitative estimate of drug-likeness (QED) is 0.837. The van der Waals surface area contributed by atoms with Crippen molar-refractivity contribution >= 4 is 12.0 Å². The predicted molar refractivity (Wildman–Crippen MR) is 89.8 cm³/mol. The third-order valence-corrected chi connectivity index (χ3v) is 3.84. The number of carbonyl (C=O) groups excluding carboxylic acids is 1. The molecule has 0 N–H and O–H groups in total. The first kappa shape index (κ1) is 17.3. The highest BCUT2D eigenvalue weighted by atomic mass is 16.5. The van der Waals surface area contributed by atoms with E-state index >= 15 is 0 Å². The number of methoxy groups -OCH3 is 1. The number of benzene rings is 1. The number of hydrogen-bond donors (Lipinski definition) is 0. The number of hydrogen-bond acceptors (Lipinski definition) is 4. The van der Waals surface area contributed by atoms with E-state index in [2.05, 4.69) is 0 Å². The molecule has 1 aromatic rings. The third-order valence-electron chi connectivity index (χ3n) is 3.84. The van der Waals surface area contributed by atoms with Gasteiger partial charge >= 0.3 is 0 Å². The Labute approximate surface area is 137 Å². The van der Waals surface area contributed by atoms with Gasteiger partial charge in [-0.3, -0.25) is 4.79 Å². The minimum atomic E-state index is -0.307. The lowest BCUT2D eigenvalue weighted by Crippen LogP contribution is -2.56. The van der Waals surface area contributed by atoms with E-state index in [0.717, 1.165) is 5.56 Å². The molecular formula is C18H25NO4. The second kappa shape index (κ2) is 7.51. The van der Waals surface area contributed by atoms with Crippen LogP contribution in [-0.4, -0.2) is 49.8 Å². The van der Waals surface area contributed by atoms with Crippen LogP contribution in [0.2, 0.25) is 0 Å². The molecule has 5 nitrogen and oxygen atoms in total. The Bertz CT molecular complexity index is 580. The Balaban J connectivity index is 2.04. The largest absolute Gasteiger partial charge is 0.493 e. The second-order valence-electron chi connectivity index (χ2n) is 6.11. The van der Waals surface area contributed by atoms with Gasteiger partial charge in [0.15, 0.2) is 18.1 Å². The van der Waals surface area contributed by atoms with Crippen molar-refractivity contribution in [3.05, 3.63) is 29.8 Å². The van der Waals surface area contributed by atoms with E-state index in [1.807, 2.05) is 56.0 Å². The molecule has 1 fully saturated rings. The Kier molecular flexibility index (Phi) is 5.66. The van der Waals surface area contributed by atoms with Crippen molar-refractivity contribution < 1.29 is 19.0 Å². The Hall–Kier alpha value is -2.01. The topological polar surface area (TPSA) is 48.0 Å². The van der Waals surface area contributed by atoms with Gasteiger partial charge in [0.2, 0.25) is 0 Å². The fourth-order valence-corrected chi connectivity index (χ4v) is 2.64. The molecular weight excluding hydrogens is 294 g/mol. The smallest absolute Gasteiger partial charge is 0.261 e. The zero-order valence-electron chi connectivity index (χ0n) is 14.3. The van der Waals surface area contributed by atoms with Crippen LogP contribution in [0.1, 0.15) is 26.3 Å². The highest BCUT2D eigenvalue weighted by molar-refractivity contribution is 5.78. The zero-order chi connectivity index (χ0) is 16.9. The molecule has 1 aliphatic rings. The standard InChI is InChI=1S/C18H25NO4/c1-5-6-14-7-8-15(16(11-14)21-4)23-12-17(20)19-9-10-22-13-18(19,2)3/h5-8,11H,9-10,12-13H2,1-4H3/b6-5+. The van der Waals surface area contributed by atoms with Gasteiger partial charge in [-0.1, -0.05) is 18.2 Å². The SMILES string of the molecule is C/C=C/c1ccc(OCC(=O)N2CCOCC2(C)C)c(OC)c1. The van der Waals surface area contributed by atoms with E-state index < -0.39 is 0 Å². The summed E-state index contributed by atoms with van der Waals surface area (Å²) in [5, 5.41) is 0. The molecule has 0 bridgehead atoms. The molecule has 1 saturated heterocycles. The van der Waals surface area contributed by atoms with Gasteiger partial charge in [-0.25, -0.2) is 0 Å². The molecule has 0 saturated carbocycles. The number of carbonyl (C=O) groups is 1. The van der Waals surface area contributed by atoms with Gasteiger partial charge < -0.3 is 19.1 Å². The van der Waals surface area contributed by atoms with Gasteiger partial charge in [0.05, 0.1) is 25.9 Å². The van der Waals surface area contributed by atoms with Crippen molar-refractivity contribution in [2.45, 2.75) is 26.3 Å². The average Bonchev–Trinajstić information content (AvgIpc) is 2.53. The summed E-state index contributed by atoms with van der Waals surface area (Å²) >= 11 is 0. The van der Waals surface area contributed by atoms with Crippen LogP contribution in [0.15, 0.2) is 24.3 Å². The monoisotopic (exact) mass is 319 g/mol. The summed E-state index contributed by atoms with van der Waals surface area (Å²) in [5.74, 6) is 1.15. The molecule has 1 amide bonds. The fourth-order valence-electron chi connectivity index (χ4n) is 2.64. The van der Waals surface area contributed by atoms with Crippen LogP contribution >= 0.6 is 0 Å². The highest BCUT2D eigenvalue weighted by Crippen LogP contribution is 2.29. The van der Waals surface area contributed by atoms with E-state index in [1.165, 1.54) is 0 Å². The summed E-state index contributed by atoms with van der Waals surface area (Å²) in [4.78, 5) is 14.3. The normalized spacial score (nSPS) is 17.3. The molecule has 5 heteroatoms. The van der Waals surface area contributed by atoms with E-state index in [0.29, 0.717) is 31.3 Å². The van der Waals surface area contributed by atoms with Crippen LogP contribution in [0, 0.1) is 0 Å². The molecule has 0 radical (unpaired) electrons. The predicted octanol–water partition coefficient (Wildman–Crippen LogP) is 2.74. The van der Waals surface area contributed by atoms with Crippen molar-refractivity contribution in [2.24, 2.45) is 0 Å². The van der Waals surface area contributed by atoms with Crippen LogP contribution in [0.25, 0.3) is 6.08 Å². The Morgan fingerprint density at radius 2 is 2.17 bits per heavy atom. The molecule has 2 rings (SSSR count). The number of morpholine rings is 1. The molecule has 0 unspecified atom stereocenters. The molecule has 0 spiro atoms.